The third kappa shape index (κ3) is 5.13. The fraction of sp³-hybridized carbons (Fsp3) is 0.889. The van der Waals surface area contributed by atoms with Crippen molar-refractivity contribution >= 4 is 15.9 Å². The van der Waals surface area contributed by atoms with E-state index in [9.17, 15) is 13.2 Å². The second-order valence-electron chi connectivity index (χ2n) is 3.72. The first kappa shape index (κ1) is 14.4. The number of rotatable bonds is 6. The maximum absolute atomic E-state index is 11.4. The molecular formula is C9H20N2O3S. The normalized spacial score (nSPS) is 13.9. The number of nitrogens with one attached hydrogen (secondary N) is 2. The number of sulfonamides is 1. The summed E-state index contributed by atoms with van der Waals surface area (Å²) in [6.07, 6.45) is 0.829. The van der Waals surface area contributed by atoms with Gasteiger partial charge < -0.3 is 5.32 Å². The van der Waals surface area contributed by atoms with Crippen LogP contribution >= 0.6 is 0 Å². The van der Waals surface area contributed by atoms with E-state index in [1.165, 1.54) is 6.92 Å². The zero-order valence-corrected chi connectivity index (χ0v) is 10.5. The summed E-state index contributed by atoms with van der Waals surface area (Å²) in [5, 5.41) is 2.10. The van der Waals surface area contributed by atoms with Crippen molar-refractivity contribution in [3.05, 3.63) is 0 Å². The minimum absolute atomic E-state index is 0.291. The van der Waals surface area contributed by atoms with Crippen LogP contribution in [0.2, 0.25) is 0 Å². The van der Waals surface area contributed by atoms with Crippen molar-refractivity contribution < 1.29 is 13.2 Å². The van der Waals surface area contributed by atoms with Crippen molar-refractivity contribution in [1.29, 1.82) is 0 Å². The zero-order chi connectivity index (χ0) is 12.1. The van der Waals surface area contributed by atoms with Gasteiger partial charge in [0.05, 0.1) is 11.3 Å². The molecule has 1 atom stereocenters. The lowest BCUT2D eigenvalue weighted by molar-refractivity contribution is -0.122. The molecular weight excluding hydrogens is 216 g/mol. The molecule has 0 aliphatic heterocycles. The van der Waals surface area contributed by atoms with Crippen LogP contribution in [0.1, 0.15) is 34.1 Å². The molecule has 0 saturated carbocycles. The fourth-order valence-corrected chi connectivity index (χ4v) is 1.71. The quantitative estimate of drug-likeness (QED) is 0.693. The van der Waals surface area contributed by atoms with E-state index in [0.717, 1.165) is 6.42 Å². The van der Waals surface area contributed by atoms with Gasteiger partial charge in [0.15, 0.2) is 0 Å². The molecule has 0 aromatic carbocycles. The second-order valence-corrected chi connectivity index (χ2v) is 5.99. The molecule has 0 aromatic rings. The molecule has 0 aromatic heterocycles. The molecule has 5 nitrogen and oxygen atoms in total. The summed E-state index contributed by atoms with van der Waals surface area (Å²) in [6, 6.07) is -0.719. The Hall–Kier alpha value is -0.620. The van der Waals surface area contributed by atoms with Crippen molar-refractivity contribution in [2.45, 2.75) is 45.4 Å². The summed E-state index contributed by atoms with van der Waals surface area (Å²) in [5.74, 6) is -0.291. The molecule has 2 N–H and O–H groups in total. The van der Waals surface area contributed by atoms with Gasteiger partial charge in [0.1, 0.15) is 0 Å². The van der Waals surface area contributed by atoms with Crippen LogP contribution in [-0.2, 0) is 14.8 Å². The van der Waals surface area contributed by atoms with Crippen LogP contribution in [-0.4, -0.2) is 32.2 Å². The zero-order valence-electron chi connectivity index (χ0n) is 9.70. The summed E-state index contributed by atoms with van der Waals surface area (Å²) >= 11 is 0. The molecule has 1 unspecified atom stereocenters. The van der Waals surface area contributed by atoms with Gasteiger partial charge in [-0.25, -0.2) is 13.1 Å². The standard InChI is InChI=1S/C9H20N2O3S/c1-5-6-10-9(12)8(4)11-15(13,14)7(2)3/h7-8,11H,5-6H2,1-4H3,(H,10,12). The molecule has 1 amide bonds. The molecule has 0 fully saturated rings. The highest BCUT2D eigenvalue weighted by Crippen LogP contribution is 1.98. The third-order valence-corrected chi connectivity index (χ3v) is 3.83. The molecule has 0 rings (SSSR count). The molecule has 0 aliphatic carbocycles. The Morgan fingerprint density at radius 1 is 1.27 bits per heavy atom. The molecule has 0 bridgehead atoms. The molecule has 0 aliphatic rings. The summed E-state index contributed by atoms with van der Waals surface area (Å²) < 4.78 is 25.2. The monoisotopic (exact) mass is 236 g/mol. The summed E-state index contributed by atoms with van der Waals surface area (Å²) in [5.41, 5.74) is 0. The van der Waals surface area contributed by atoms with Crippen LogP contribution in [0.3, 0.4) is 0 Å². The predicted octanol–water partition coefficient (Wildman–Crippen LogP) is 0.229. The number of amides is 1. The Morgan fingerprint density at radius 3 is 2.20 bits per heavy atom. The smallest absolute Gasteiger partial charge is 0.237 e. The minimum Gasteiger partial charge on any atom is -0.355 e. The van der Waals surface area contributed by atoms with E-state index in [1.54, 1.807) is 13.8 Å². The van der Waals surface area contributed by atoms with E-state index in [2.05, 4.69) is 10.0 Å². The van der Waals surface area contributed by atoms with Crippen LogP contribution in [0.4, 0.5) is 0 Å². The van der Waals surface area contributed by atoms with Gasteiger partial charge in [0.25, 0.3) is 0 Å². The Morgan fingerprint density at radius 2 is 1.80 bits per heavy atom. The Bertz CT molecular complexity index is 298. The van der Waals surface area contributed by atoms with Crippen molar-refractivity contribution in [2.24, 2.45) is 0 Å². The van der Waals surface area contributed by atoms with Gasteiger partial charge in [0, 0.05) is 6.54 Å². The number of hydrogen-bond acceptors (Lipinski definition) is 3. The van der Waals surface area contributed by atoms with Crippen molar-refractivity contribution in [2.75, 3.05) is 6.54 Å². The predicted molar refractivity (Wildman–Crippen MR) is 60.0 cm³/mol. The molecule has 0 spiro atoms. The maximum Gasteiger partial charge on any atom is 0.237 e. The van der Waals surface area contributed by atoms with E-state index in [1.807, 2.05) is 6.92 Å². The number of carbonyl (C=O) groups is 1. The first-order valence-corrected chi connectivity index (χ1v) is 6.64. The average Bonchev–Trinajstić information content (AvgIpc) is 2.13. The van der Waals surface area contributed by atoms with Crippen molar-refractivity contribution in [1.82, 2.24) is 10.0 Å². The Labute approximate surface area is 91.7 Å². The second kappa shape index (κ2) is 6.07. The van der Waals surface area contributed by atoms with E-state index in [4.69, 9.17) is 0 Å². The molecule has 0 radical (unpaired) electrons. The molecule has 0 heterocycles. The third-order valence-electron chi connectivity index (χ3n) is 1.90. The summed E-state index contributed by atoms with van der Waals surface area (Å²) in [4.78, 5) is 11.4. The van der Waals surface area contributed by atoms with Crippen LogP contribution in [0.25, 0.3) is 0 Å². The van der Waals surface area contributed by atoms with Gasteiger partial charge in [-0.2, -0.15) is 0 Å². The van der Waals surface area contributed by atoms with E-state index in [-0.39, 0.29) is 5.91 Å². The van der Waals surface area contributed by atoms with Crippen LogP contribution in [0.15, 0.2) is 0 Å². The van der Waals surface area contributed by atoms with Gasteiger partial charge in [-0.3, -0.25) is 4.79 Å². The van der Waals surface area contributed by atoms with E-state index < -0.39 is 21.3 Å². The lowest BCUT2D eigenvalue weighted by atomic mass is 10.3. The number of hydrogen-bond donors (Lipinski definition) is 2. The largest absolute Gasteiger partial charge is 0.355 e. The lowest BCUT2D eigenvalue weighted by Gasteiger charge is -2.15. The summed E-state index contributed by atoms with van der Waals surface area (Å²) in [7, 11) is -3.38. The Kier molecular flexibility index (Phi) is 5.82. The van der Waals surface area contributed by atoms with Gasteiger partial charge in [-0.15, -0.1) is 0 Å². The average molecular weight is 236 g/mol. The first-order chi connectivity index (χ1) is 6.81. The molecule has 15 heavy (non-hydrogen) atoms. The van der Waals surface area contributed by atoms with Gasteiger partial charge in [0.2, 0.25) is 15.9 Å². The first-order valence-electron chi connectivity index (χ1n) is 5.10. The highest BCUT2D eigenvalue weighted by molar-refractivity contribution is 7.90. The van der Waals surface area contributed by atoms with E-state index >= 15 is 0 Å². The minimum atomic E-state index is -3.38. The fourth-order valence-electron chi connectivity index (χ4n) is 0.837. The van der Waals surface area contributed by atoms with Crippen molar-refractivity contribution in [3.63, 3.8) is 0 Å². The van der Waals surface area contributed by atoms with Crippen molar-refractivity contribution in [3.8, 4) is 0 Å². The molecule has 90 valence electrons. The van der Waals surface area contributed by atoms with Gasteiger partial charge >= 0.3 is 0 Å². The highest BCUT2D eigenvalue weighted by atomic mass is 32.2. The van der Waals surface area contributed by atoms with Crippen LogP contribution < -0.4 is 10.0 Å². The maximum atomic E-state index is 11.4. The molecule has 0 saturated heterocycles. The van der Waals surface area contributed by atoms with Gasteiger partial charge in [-0.1, -0.05) is 6.92 Å². The SMILES string of the molecule is CCCNC(=O)C(C)NS(=O)(=O)C(C)C. The van der Waals surface area contributed by atoms with Crippen LogP contribution in [0.5, 0.6) is 0 Å². The highest BCUT2D eigenvalue weighted by Gasteiger charge is 2.22. The van der Waals surface area contributed by atoms with E-state index in [0.29, 0.717) is 6.54 Å². The van der Waals surface area contributed by atoms with Gasteiger partial charge in [-0.05, 0) is 27.2 Å². The lowest BCUT2D eigenvalue weighted by Crippen LogP contribution is -2.46. The molecule has 6 heteroatoms. The number of carbonyl (C=O) groups excluding carboxylic acids is 1. The van der Waals surface area contributed by atoms with Crippen LogP contribution in [0, 0.1) is 0 Å². The summed E-state index contributed by atoms with van der Waals surface area (Å²) in [6.45, 7) is 7.17. The topological polar surface area (TPSA) is 75.3 Å². The Balaban J connectivity index is 4.25.